The van der Waals surface area contributed by atoms with E-state index >= 15 is 0 Å². The molecule has 1 atom stereocenters. The molecule has 1 aliphatic rings. The van der Waals surface area contributed by atoms with Crippen molar-refractivity contribution in [2.75, 3.05) is 6.54 Å². The Balaban J connectivity index is 2.25. The second kappa shape index (κ2) is 3.11. The Hall–Kier alpha value is -1.08. The van der Waals surface area contributed by atoms with Crippen molar-refractivity contribution < 1.29 is 0 Å². The van der Waals surface area contributed by atoms with Gasteiger partial charge in [0.2, 0.25) is 0 Å². The van der Waals surface area contributed by atoms with Crippen LogP contribution >= 0.6 is 0 Å². The Bertz CT molecular complexity index is 287. The van der Waals surface area contributed by atoms with Gasteiger partial charge in [0.25, 0.3) is 0 Å². The lowest BCUT2D eigenvalue weighted by Crippen LogP contribution is -2.34. The molecule has 1 aromatic rings. The summed E-state index contributed by atoms with van der Waals surface area (Å²) in [6.45, 7) is 4.91. The van der Waals surface area contributed by atoms with Crippen LogP contribution in [0.25, 0.3) is 6.08 Å². The Kier molecular flexibility index (Phi) is 1.96. The summed E-state index contributed by atoms with van der Waals surface area (Å²) in [6, 6.07) is 9.12. The van der Waals surface area contributed by atoms with Gasteiger partial charge in [-0.25, -0.2) is 0 Å². The van der Waals surface area contributed by atoms with Crippen LogP contribution in [0.1, 0.15) is 23.6 Å². The summed E-state index contributed by atoms with van der Waals surface area (Å²) in [4.78, 5) is 0. The zero-order valence-corrected chi connectivity index (χ0v) is 7.09. The molecule has 1 aliphatic heterocycles. The summed E-state index contributed by atoms with van der Waals surface area (Å²) in [6.07, 6.45) is 3.16. The number of hydrogen-bond donors (Lipinski definition) is 1. The number of benzene rings is 1. The molecule has 1 heteroatoms. The predicted molar refractivity (Wildman–Crippen MR) is 51.9 cm³/mol. The molecule has 1 heterocycles. The zero-order valence-electron chi connectivity index (χ0n) is 7.09. The highest BCUT2D eigenvalue weighted by atomic mass is 15.0. The molecule has 0 saturated carbocycles. The van der Waals surface area contributed by atoms with Gasteiger partial charge in [0.15, 0.2) is 0 Å². The molecule has 0 bridgehead atoms. The fourth-order valence-electron chi connectivity index (χ4n) is 1.48. The summed E-state index contributed by atoms with van der Waals surface area (Å²) in [7, 11) is 0. The minimum absolute atomic E-state index is 0.588. The molecule has 0 amide bonds. The Morgan fingerprint density at radius 1 is 1.50 bits per heavy atom. The molecule has 62 valence electrons. The first-order chi connectivity index (χ1) is 5.90. The molecule has 1 nitrogen and oxygen atoms in total. The van der Waals surface area contributed by atoms with E-state index in [2.05, 4.69) is 36.2 Å². The van der Waals surface area contributed by atoms with Gasteiger partial charge in [-0.2, -0.15) is 0 Å². The smallest absolute Gasteiger partial charge is 0.0332 e. The van der Waals surface area contributed by atoms with Crippen LogP contribution in [0.4, 0.5) is 0 Å². The van der Waals surface area contributed by atoms with Gasteiger partial charge >= 0.3 is 0 Å². The van der Waals surface area contributed by atoms with Crippen LogP contribution in [0.2, 0.25) is 0 Å². The standard InChI is InChI=1S/C11H13N/c1-2-9-4-3-5-10(8-9)11-6-7-12-11/h2-5,8,11-12H,1,6-7H2. The van der Waals surface area contributed by atoms with Crippen molar-refractivity contribution in [1.29, 1.82) is 0 Å². The van der Waals surface area contributed by atoms with Gasteiger partial charge in [0, 0.05) is 6.04 Å². The van der Waals surface area contributed by atoms with Crippen molar-refractivity contribution in [3.63, 3.8) is 0 Å². The van der Waals surface area contributed by atoms with Crippen molar-refractivity contribution in [2.45, 2.75) is 12.5 Å². The van der Waals surface area contributed by atoms with Crippen molar-refractivity contribution in [3.05, 3.63) is 42.0 Å². The van der Waals surface area contributed by atoms with Crippen LogP contribution < -0.4 is 5.32 Å². The average molecular weight is 159 g/mol. The maximum Gasteiger partial charge on any atom is 0.0332 e. The molecule has 1 fully saturated rings. The molecule has 0 aromatic heterocycles. The molecule has 1 unspecified atom stereocenters. The topological polar surface area (TPSA) is 12.0 Å². The summed E-state index contributed by atoms with van der Waals surface area (Å²) in [5.41, 5.74) is 2.60. The van der Waals surface area contributed by atoms with Crippen LogP contribution in [-0.4, -0.2) is 6.54 Å². The zero-order chi connectivity index (χ0) is 8.39. The fraction of sp³-hybridized carbons (Fsp3) is 0.273. The van der Waals surface area contributed by atoms with E-state index in [0.717, 1.165) is 6.54 Å². The van der Waals surface area contributed by atoms with E-state index in [1.54, 1.807) is 0 Å². The molecule has 0 radical (unpaired) electrons. The van der Waals surface area contributed by atoms with Crippen molar-refractivity contribution in [1.82, 2.24) is 5.32 Å². The second-order valence-corrected chi connectivity index (χ2v) is 3.17. The van der Waals surface area contributed by atoms with E-state index in [1.165, 1.54) is 17.5 Å². The van der Waals surface area contributed by atoms with Crippen molar-refractivity contribution in [3.8, 4) is 0 Å². The number of nitrogens with one attached hydrogen (secondary N) is 1. The number of hydrogen-bond acceptors (Lipinski definition) is 1. The van der Waals surface area contributed by atoms with Gasteiger partial charge in [0.05, 0.1) is 0 Å². The predicted octanol–water partition coefficient (Wildman–Crippen LogP) is 2.36. The third-order valence-electron chi connectivity index (χ3n) is 2.37. The molecular formula is C11H13N. The van der Waals surface area contributed by atoms with Crippen LogP contribution in [0.3, 0.4) is 0 Å². The van der Waals surface area contributed by atoms with Gasteiger partial charge < -0.3 is 5.32 Å². The third-order valence-corrected chi connectivity index (χ3v) is 2.37. The largest absolute Gasteiger partial charge is 0.310 e. The number of rotatable bonds is 2. The highest BCUT2D eigenvalue weighted by molar-refractivity contribution is 5.48. The second-order valence-electron chi connectivity index (χ2n) is 3.17. The Labute approximate surface area is 73.1 Å². The first kappa shape index (κ1) is 7.56. The van der Waals surface area contributed by atoms with Crippen LogP contribution in [-0.2, 0) is 0 Å². The van der Waals surface area contributed by atoms with Crippen molar-refractivity contribution in [2.24, 2.45) is 0 Å². The summed E-state index contributed by atoms with van der Waals surface area (Å²) in [5.74, 6) is 0. The minimum Gasteiger partial charge on any atom is -0.310 e. The lowest BCUT2D eigenvalue weighted by molar-refractivity contribution is 0.383. The molecular weight excluding hydrogens is 146 g/mol. The molecule has 12 heavy (non-hydrogen) atoms. The minimum atomic E-state index is 0.588. The van der Waals surface area contributed by atoms with Gasteiger partial charge in [-0.05, 0) is 24.1 Å². The monoisotopic (exact) mass is 159 g/mol. The van der Waals surface area contributed by atoms with E-state index in [9.17, 15) is 0 Å². The summed E-state index contributed by atoms with van der Waals surface area (Å²) >= 11 is 0. The van der Waals surface area contributed by atoms with E-state index in [4.69, 9.17) is 0 Å². The Morgan fingerprint density at radius 3 is 2.92 bits per heavy atom. The SMILES string of the molecule is C=Cc1cccc(C2CCN2)c1. The first-order valence-corrected chi connectivity index (χ1v) is 4.36. The van der Waals surface area contributed by atoms with Crippen LogP contribution in [0.15, 0.2) is 30.8 Å². The Morgan fingerprint density at radius 2 is 2.33 bits per heavy atom. The quantitative estimate of drug-likeness (QED) is 0.698. The molecule has 0 spiro atoms. The summed E-state index contributed by atoms with van der Waals surface area (Å²) < 4.78 is 0. The van der Waals surface area contributed by atoms with Crippen molar-refractivity contribution >= 4 is 6.08 Å². The van der Waals surface area contributed by atoms with Crippen LogP contribution in [0.5, 0.6) is 0 Å². The lowest BCUT2D eigenvalue weighted by atomic mass is 9.96. The first-order valence-electron chi connectivity index (χ1n) is 4.36. The van der Waals surface area contributed by atoms with Gasteiger partial charge in [-0.3, -0.25) is 0 Å². The van der Waals surface area contributed by atoms with E-state index < -0.39 is 0 Å². The van der Waals surface area contributed by atoms with E-state index in [1.807, 2.05) is 6.08 Å². The third kappa shape index (κ3) is 1.28. The normalized spacial score (nSPS) is 21.5. The lowest BCUT2D eigenvalue weighted by Gasteiger charge is -2.28. The summed E-state index contributed by atoms with van der Waals surface area (Å²) in [5, 5.41) is 3.38. The maximum atomic E-state index is 3.75. The van der Waals surface area contributed by atoms with Crippen LogP contribution in [0, 0.1) is 0 Å². The van der Waals surface area contributed by atoms with E-state index in [-0.39, 0.29) is 0 Å². The van der Waals surface area contributed by atoms with Gasteiger partial charge in [-0.1, -0.05) is 36.9 Å². The molecule has 1 aromatic carbocycles. The molecule has 1 N–H and O–H groups in total. The highest BCUT2D eigenvalue weighted by Crippen LogP contribution is 2.23. The van der Waals surface area contributed by atoms with E-state index in [0.29, 0.717) is 6.04 Å². The van der Waals surface area contributed by atoms with Gasteiger partial charge in [-0.15, -0.1) is 0 Å². The highest BCUT2D eigenvalue weighted by Gasteiger charge is 2.17. The molecule has 1 saturated heterocycles. The molecule has 0 aliphatic carbocycles. The fourth-order valence-corrected chi connectivity index (χ4v) is 1.48. The maximum absolute atomic E-state index is 3.75. The molecule has 2 rings (SSSR count). The average Bonchev–Trinajstić information content (AvgIpc) is 2.02. The van der Waals surface area contributed by atoms with Gasteiger partial charge in [0.1, 0.15) is 0 Å².